The summed E-state index contributed by atoms with van der Waals surface area (Å²) in [5, 5.41) is 0.262. The smallest absolute Gasteiger partial charge is 0.324 e. The predicted octanol–water partition coefficient (Wildman–Crippen LogP) is 4.74. The lowest BCUT2D eigenvalue weighted by Crippen LogP contribution is -2.15. The summed E-state index contributed by atoms with van der Waals surface area (Å²) >= 11 is 5.65. The second-order valence-electron chi connectivity index (χ2n) is 4.67. The first-order valence-electron chi connectivity index (χ1n) is 6.14. The third kappa shape index (κ3) is 3.95. The maximum absolute atomic E-state index is 13.7. The Morgan fingerprint density at radius 3 is 2.19 bits per heavy atom. The zero-order valence-electron chi connectivity index (χ0n) is 10.8. The van der Waals surface area contributed by atoms with Crippen LogP contribution in [-0.2, 0) is 12.6 Å². The average molecular weight is 318 g/mol. The average Bonchev–Trinajstić information content (AvgIpc) is 2.38. The Morgan fingerprint density at radius 2 is 1.67 bits per heavy atom. The van der Waals surface area contributed by atoms with Gasteiger partial charge in [-0.1, -0.05) is 29.8 Å². The molecule has 6 heteroatoms. The second kappa shape index (κ2) is 6.03. The van der Waals surface area contributed by atoms with E-state index in [4.69, 9.17) is 17.3 Å². The van der Waals surface area contributed by atoms with E-state index < -0.39 is 23.6 Å². The molecule has 0 spiro atoms. The number of nitrogens with two attached hydrogens (primary N) is 1. The number of hydrogen-bond donors (Lipinski definition) is 1. The van der Waals surface area contributed by atoms with E-state index in [0.29, 0.717) is 5.56 Å². The predicted molar refractivity (Wildman–Crippen MR) is 73.5 cm³/mol. The summed E-state index contributed by atoms with van der Waals surface area (Å²) in [7, 11) is 0. The van der Waals surface area contributed by atoms with Crippen molar-refractivity contribution in [3.05, 3.63) is 70.0 Å². The molecule has 21 heavy (non-hydrogen) atoms. The summed E-state index contributed by atoms with van der Waals surface area (Å²) in [6, 6.07) is 8.16. The zero-order chi connectivity index (χ0) is 15.6. The van der Waals surface area contributed by atoms with E-state index in [0.717, 1.165) is 18.2 Å². The molecule has 0 radical (unpaired) electrons. The van der Waals surface area contributed by atoms with Gasteiger partial charge in [0.25, 0.3) is 0 Å². The minimum absolute atomic E-state index is 0.233. The van der Waals surface area contributed by atoms with Gasteiger partial charge in [-0.3, -0.25) is 0 Å². The fourth-order valence-electron chi connectivity index (χ4n) is 2.00. The van der Waals surface area contributed by atoms with Crippen LogP contribution in [0.2, 0.25) is 5.02 Å². The van der Waals surface area contributed by atoms with Crippen molar-refractivity contribution in [3.63, 3.8) is 0 Å². The molecule has 0 saturated carbocycles. The quantitative estimate of drug-likeness (QED) is 0.813. The van der Waals surface area contributed by atoms with Gasteiger partial charge in [-0.2, -0.15) is 13.2 Å². The summed E-state index contributed by atoms with van der Waals surface area (Å²) < 4.78 is 51.1. The number of rotatable bonds is 3. The summed E-state index contributed by atoms with van der Waals surface area (Å²) in [6.45, 7) is 0. The molecule has 2 aromatic carbocycles. The third-order valence-corrected chi connectivity index (χ3v) is 3.33. The highest BCUT2D eigenvalue weighted by atomic mass is 35.5. The lowest BCUT2D eigenvalue weighted by atomic mass is 9.98. The van der Waals surface area contributed by atoms with Crippen molar-refractivity contribution in [2.75, 3.05) is 0 Å². The fraction of sp³-hybridized carbons (Fsp3) is 0.200. The van der Waals surface area contributed by atoms with Crippen LogP contribution < -0.4 is 5.73 Å². The van der Waals surface area contributed by atoms with Crippen LogP contribution in [0.4, 0.5) is 17.6 Å². The van der Waals surface area contributed by atoms with Crippen LogP contribution >= 0.6 is 11.6 Å². The maximum atomic E-state index is 13.7. The Hall–Kier alpha value is -1.59. The second-order valence-corrected chi connectivity index (χ2v) is 5.11. The molecule has 112 valence electrons. The van der Waals surface area contributed by atoms with E-state index in [1.807, 2.05) is 0 Å². The van der Waals surface area contributed by atoms with Gasteiger partial charge in [0.2, 0.25) is 0 Å². The molecule has 0 aliphatic carbocycles. The van der Waals surface area contributed by atoms with Crippen LogP contribution in [0.3, 0.4) is 0 Å². The molecule has 0 aliphatic rings. The van der Waals surface area contributed by atoms with Gasteiger partial charge in [0.1, 0.15) is 5.82 Å². The van der Waals surface area contributed by atoms with Crippen molar-refractivity contribution in [2.45, 2.75) is 18.6 Å². The minimum atomic E-state index is -4.37. The summed E-state index contributed by atoms with van der Waals surface area (Å²) in [5.74, 6) is -0.526. The highest BCUT2D eigenvalue weighted by Gasteiger charge is 2.30. The summed E-state index contributed by atoms with van der Waals surface area (Å²) in [6.07, 6.45) is -4.14. The molecule has 1 unspecified atom stereocenters. The van der Waals surface area contributed by atoms with Gasteiger partial charge in [0.05, 0.1) is 5.56 Å². The van der Waals surface area contributed by atoms with Crippen LogP contribution in [0.15, 0.2) is 42.5 Å². The first-order chi connectivity index (χ1) is 9.77. The van der Waals surface area contributed by atoms with Crippen molar-refractivity contribution < 1.29 is 17.6 Å². The topological polar surface area (TPSA) is 26.0 Å². The SMILES string of the molecule is NC(Cc1ccc(C(F)(F)F)cc1)c1ccc(Cl)cc1F. The Morgan fingerprint density at radius 1 is 1.05 bits per heavy atom. The monoisotopic (exact) mass is 317 g/mol. The van der Waals surface area contributed by atoms with Gasteiger partial charge in [-0.25, -0.2) is 4.39 Å². The van der Waals surface area contributed by atoms with Crippen molar-refractivity contribution in [1.29, 1.82) is 0 Å². The lowest BCUT2D eigenvalue weighted by Gasteiger charge is -2.14. The highest BCUT2D eigenvalue weighted by molar-refractivity contribution is 6.30. The Labute approximate surface area is 124 Å². The molecule has 0 saturated heterocycles. The van der Waals surface area contributed by atoms with E-state index in [-0.39, 0.29) is 17.0 Å². The molecule has 1 atom stereocenters. The van der Waals surface area contributed by atoms with Gasteiger partial charge in [-0.05, 0) is 36.2 Å². The zero-order valence-corrected chi connectivity index (χ0v) is 11.5. The molecular weight excluding hydrogens is 306 g/mol. The highest BCUT2D eigenvalue weighted by Crippen LogP contribution is 2.30. The van der Waals surface area contributed by atoms with E-state index in [1.165, 1.54) is 24.3 Å². The van der Waals surface area contributed by atoms with E-state index in [9.17, 15) is 17.6 Å². The molecule has 0 aliphatic heterocycles. The number of benzene rings is 2. The Kier molecular flexibility index (Phi) is 4.54. The van der Waals surface area contributed by atoms with E-state index in [1.54, 1.807) is 0 Å². The van der Waals surface area contributed by atoms with E-state index >= 15 is 0 Å². The lowest BCUT2D eigenvalue weighted by molar-refractivity contribution is -0.137. The number of hydrogen-bond acceptors (Lipinski definition) is 1. The van der Waals surface area contributed by atoms with Crippen LogP contribution in [0.5, 0.6) is 0 Å². The van der Waals surface area contributed by atoms with Crippen LogP contribution in [0.25, 0.3) is 0 Å². The molecule has 2 aromatic rings. The van der Waals surface area contributed by atoms with Gasteiger partial charge < -0.3 is 5.73 Å². The first kappa shape index (κ1) is 15.8. The Bertz CT molecular complexity index is 623. The van der Waals surface area contributed by atoms with E-state index in [2.05, 4.69) is 0 Å². The molecule has 0 amide bonds. The Balaban J connectivity index is 2.14. The minimum Gasteiger partial charge on any atom is -0.324 e. The fourth-order valence-corrected chi connectivity index (χ4v) is 2.15. The largest absolute Gasteiger partial charge is 0.416 e. The molecule has 2 rings (SSSR count). The molecule has 0 fully saturated rings. The van der Waals surface area contributed by atoms with Gasteiger partial charge in [-0.15, -0.1) is 0 Å². The van der Waals surface area contributed by atoms with Crippen molar-refractivity contribution >= 4 is 11.6 Å². The molecule has 0 heterocycles. The first-order valence-corrected chi connectivity index (χ1v) is 6.52. The molecule has 0 bridgehead atoms. The third-order valence-electron chi connectivity index (χ3n) is 3.10. The van der Waals surface area contributed by atoms with Crippen molar-refractivity contribution in [2.24, 2.45) is 5.73 Å². The molecule has 1 nitrogen and oxygen atoms in total. The number of alkyl halides is 3. The summed E-state index contributed by atoms with van der Waals surface area (Å²) in [5.41, 5.74) is 6.05. The summed E-state index contributed by atoms with van der Waals surface area (Å²) in [4.78, 5) is 0. The number of halogens is 5. The van der Waals surface area contributed by atoms with Crippen LogP contribution in [0, 0.1) is 5.82 Å². The maximum Gasteiger partial charge on any atom is 0.416 e. The van der Waals surface area contributed by atoms with Gasteiger partial charge in [0, 0.05) is 16.6 Å². The van der Waals surface area contributed by atoms with Crippen molar-refractivity contribution in [1.82, 2.24) is 0 Å². The van der Waals surface area contributed by atoms with Crippen LogP contribution in [0.1, 0.15) is 22.7 Å². The van der Waals surface area contributed by atoms with Crippen molar-refractivity contribution in [3.8, 4) is 0 Å². The standard InChI is InChI=1S/C15H12ClF4N/c16-11-5-6-12(13(17)8-11)14(21)7-9-1-3-10(4-2-9)15(18,19)20/h1-6,8,14H,7,21H2. The molecular formula is C15H12ClF4N. The van der Waals surface area contributed by atoms with Gasteiger partial charge >= 0.3 is 6.18 Å². The van der Waals surface area contributed by atoms with Crippen LogP contribution in [-0.4, -0.2) is 0 Å². The van der Waals surface area contributed by atoms with Gasteiger partial charge in [0.15, 0.2) is 0 Å². The molecule has 0 aromatic heterocycles. The molecule has 2 N–H and O–H groups in total. The normalized spacial score (nSPS) is 13.2.